The maximum absolute atomic E-state index is 9.85. The zero-order valence-corrected chi connectivity index (χ0v) is 10.6. The average molecular weight is 230 g/mol. The van der Waals surface area contributed by atoms with E-state index in [9.17, 15) is 5.11 Å². The first-order valence-electron chi connectivity index (χ1n) is 6.48. The van der Waals surface area contributed by atoms with Crippen LogP contribution in [-0.4, -0.2) is 61.5 Å². The third kappa shape index (κ3) is 4.78. The topological polar surface area (TPSA) is 44.7 Å². The monoisotopic (exact) mass is 230 g/mol. The highest BCUT2D eigenvalue weighted by atomic mass is 16.5. The lowest BCUT2D eigenvalue weighted by Gasteiger charge is -2.29. The van der Waals surface area contributed by atoms with Crippen molar-refractivity contribution in [3.8, 4) is 0 Å². The lowest BCUT2D eigenvalue weighted by molar-refractivity contribution is 0.0139. The number of rotatable bonds is 8. The number of hydrogen-bond donors (Lipinski definition) is 2. The fourth-order valence-corrected chi connectivity index (χ4v) is 2.24. The maximum atomic E-state index is 9.85. The molecule has 2 atom stereocenters. The summed E-state index contributed by atoms with van der Waals surface area (Å²) >= 11 is 0. The summed E-state index contributed by atoms with van der Waals surface area (Å²) in [6.07, 6.45) is 1.98. The number of nitrogens with one attached hydrogen (secondary N) is 1. The molecule has 4 nitrogen and oxygen atoms in total. The van der Waals surface area contributed by atoms with Crippen LogP contribution in [0.4, 0.5) is 0 Å². The van der Waals surface area contributed by atoms with Crippen LogP contribution in [0.5, 0.6) is 0 Å². The van der Waals surface area contributed by atoms with Crippen LogP contribution in [0.2, 0.25) is 0 Å². The molecule has 0 bridgehead atoms. The van der Waals surface area contributed by atoms with E-state index in [0.29, 0.717) is 19.3 Å². The molecule has 0 aromatic carbocycles. The van der Waals surface area contributed by atoms with E-state index in [-0.39, 0.29) is 6.10 Å². The molecule has 1 aliphatic heterocycles. The first-order chi connectivity index (χ1) is 7.77. The molecular formula is C12H26N2O2. The van der Waals surface area contributed by atoms with Gasteiger partial charge in [0.1, 0.15) is 0 Å². The highest BCUT2D eigenvalue weighted by molar-refractivity contribution is 4.81. The number of aliphatic hydroxyl groups excluding tert-OH is 1. The summed E-state index contributed by atoms with van der Waals surface area (Å²) < 4.78 is 5.24. The molecule has 1 fully saturated rings. The van der Waals surface area contributed by atoms with Crippen molar-refractivity contribution in [1.29, 1.82) is 0 Å². The van der Waals surface area contributed by atoms with Crippen molar-refractivity contribution in [3.05, 3.63) is 0 Å². The Morgan fingerprint density at radius 3 is 2.88 bits per heavy atom. The van der Waals surface area contributed by atoms with Gasteiger partial charge in [-0.05, 0) is 32.9 Å². The van der Waals surface area contributed by atoms with E-state index < -0.39 is 0 Å². The zero-order chi connectivity index (χ0) is 11.8. The number of nitrogens with zero attached hydrogens (tertiary/aromatic N) is 1. The molecule has 0 spiro atoms. The summed E-state index contributed by atoms with van der Waals surface area (Å²) in [5.74, 6) is 0. The SMILES string of the molecule is CCCN(CC(O)COCC)C1CCNC1. The molecule has 96 valence electrons. The van der Waals surface area contributed by atoms with Gasteiger partial charge in [-0.2, -0.15) is 0 Å². The van der Waals surface area contributed by atoms with E-state index in [1.807, 2.05) is 6.92 Å². The molecule has 4 heteroatoms. The third-order valence-corrected chi connectivity index (χ3v) is 3.02. The molecular weight excluding hydrogens is 204 g/mol. The van der Waals surface area contributed by atoms with Gasteiger partial charge >= 0.3 is 0 Å². The molecule has 0 saturated carbocycles. The van der Waals surface area contributed by atoms with E-state index in [0.717, 1.165) is 32.6 Å². The van der Waals surface area contributed by atoms with Crippen molar-refractivity contribution >= 4 is 0 Å². The molecule has 0 aromatic heterocycles. The van der Waals surface area contributed by atoms with Gasteiger partial charge in [-0.15, -0.1) is 0 Å². The third-order valence-electron chi connectivity index (χ3n) is 3.02. The van der Waals surface area contributed by atoms with Crippen LogP contribution in [-0.2, 0) is 4.74 Å². The minimum Gasteiger partial charge on any atom is -0.389 e. The second-order valence-corrected chi connectivity index (χ2v) is 4.45. The predicted molar refractivity (Wildman–Crippen MR) is 65.6 cm³/mol. The highest BCUT2D eigenvalue weighted by Crippen LogP contribution is 2.10. The largest absolute Gasteiger partial charge is 0.389 e. The van der Waals surface area contributed by atoms with Gasteiger partial charge < -0.3 is 15.2 Å². The van der Waals surface area contributed by atoms with E-state index in [1.165, 1.54) is 6.42 Å². The van der Waals surface area contributed by atoms with Crippen LogP contribution in [0.25, 0.3) is 0 Å². The fourth-order valence-electron chi connectivity index (χ4n) is 2.24. The van der Waals surface area contributed by atoms with E-state index in [2.05, 4.69) is 17.1 Å². The molecule has 0 aromatic rings. The summed E-state index contributed by atoms with van der Waals surface area (Å²) in [5.41, 5.74) is 0. The molecule has 1 saturated heterocycles. The Morgan fingerprint density at radius 2 is 2.31 bits per heavy atom. The van der Waals surface area contributed by atoms with Gasteiger partial charge in [0, 0.05) is 25.7 Å². The Bertz CT molecular complexity index is 172. The summed E-state index contributed by atoms with van der Waals surface area (Å²) in [6, 6.07) is 0.594. The Hall–Kier alpha value is -0.160. The van der Waals surface area contributed by atoms with Crippen molar-refractivity contribution in [2.24, 2.45) is 0 Å². The fraction of sp³-hybridized carbons (Fsp3) is 1.00. The molecule has 0 aliphatic carbocycles. The summed E-state index contributed by atoms with van der Waals surface area (Å²) in [7, 11) is 0. The molecule has 1 aliphatic rings. The molecule has 1 heterocycles. The van der Waals surface area contributed by atoms with Gasteiger partial charge in [0.2, 0.25) is 0 Å². The van der Waals surface area contributed by atoms with Crippen molar-refractivity contribution in [1.82, 2.24) is 10.2 Å². The first-order valence-corrected chi connectivity index (χ1v) is 6.48. The van der Waals surface area contributed by atoms with Crippen molar-refractivity contribution in [2.45, 2.75) is 38.8 Å². The molecule has 0 radical (unpaired) electrons. The summed E-state index contributed by atoms with van der Waals surface area (Å²) in [5, 5.41) is 13.2. The van der Waals surface area contributed by atoms with Crippen LogP contribution >= 0.6 is 0 Å². The molecule has 0 amide bonds. The lowest BCUT2D eigenvalue weighted by Crippen LogP contribution is -2.43. The van der Waals surface area contributed by atoms with Crippen LogP contribution < -0.4 is 5.32 Å². The number of ether oxygens (including phenoxy) is 1. The van der Waals surface area contributed by atoms with Crippen LogP contribution in [0.3, 0.4) is 0 Å². The normalized spacial score (nSPS) is 22.9. The van der Waals surface area contributed by atoms with Crippen LogP contribution in [0, 0.1) is 0 Å². The molecule has 2 N–H and O–H groups in total. The van der Waals surface area contributed by atoms with Crippen LogP contribution in [0.1, 0.15) is 26.7 Å². The molecule has 2 unspecified atom stereocenters. The van der Waals surface area contributed by atoms with E-state index in [1.54, 1.807) is 0 Å². The first kappa shape index (κ1) is 13.9. The van der Waals surface area contributed by atoms with Crippen molar-refractivity contribution < 1.29 is 9.84 Å². The summed E-state index contributed by atoms with van der Waals surface area (Å²) in [4.78, 5) is 2.39. The Labute approximate surface area is 99.0 Å². The number of aliphatic hydroxyl groups is 1. The van der Waals surface area contributed by atoms with Gasteiger partial charge in [-0.1, -0.05) is 6.92 Å². The minimum atomic E-state index is -0.355. The predicted octanol–water partition coefficient (Wildman–Crippen LogP) is 0.458. The number of hydrogen-bond acceptors (Lipinski definition) is 4. The zero-order valence-electron chi connectivity index (χ0n) is 10.6. The highest BCUT2D eigenvalue weighted by Gasteiger charge is 2.23. The quantitative estimate of drug-likeness (QED) is 0.636. The van der Waals surface area contributed by atoms with Gasteiger partial charge in [0.25, 0.3) is 0 Å². The average Bonchev–Trinajstić information content (AvgIpc) is 2.79. The smallest absolute Gasteiger partial charge is 0.0900 e. The lowest BCUT2D eigenvalue weighted by atomic mass is 10.2. The van der Waals surface area contributed by atoms with Gasteiger partial charge in [0.05, 0.1) is 12.7 Å². The van der Waals surface area contributed by atoms with Gasteiger partial charge in [-0.25, -0.2) is 0 Å². The second-order valence-electron chi connectivity index (χ2n) is 4.45. The van der Waals surface area contributed by atoms with Crippen molar-refractivity contribution in [3.63, 3.8) is 0 Å². The Morgan fingerprint density at radius 1 is 1.50 bits per heavy atom. The maximum Gasteiger partial charge on any atom is 0.0900 e. The Balaban J connectivity index is 2.31. The van der Waals surface area contributed by atoms with Gasteiger partial charge in [-0.3, -0.25) is 4.90 Å². The minimum absolute atomic E-state index is 0.355. The van der Waals surface area contributed by atoms with Crippen molar-refractivity contribution in [2.75, 3.05) is 39.4 Å². The van der Waals surface area contributed by atoms with E-state index in [4.69, 9.17) is 4.74 Å². The summed E-state index contributed by atoms with van der Waals surface area (Å²) in [6.45, 7) is 9.23. The Kier molecular flexibility index (Phi) is 6.96. The standard InChI is InChI=1S/C12H26N2O2/c1-3-7-14(11-5-6-13-8-11)9-12(15)10-16-4-2/h11-13,15H,3-10H2,1-2H3. The van der Waals surface area contributed by atoms with Crippen LogP contribution in [0.15, 0.2) is 0 Å². The van der Waals surface area contributed by atoms with E-state index >= 15 is 0 Å². The van der Waals surface area contributed by atoms with Gasteiger partial charge in [0.15, 0.2) is 0 Å². The molecule has 1 rings (SSSR count). The second kappa shape index (κ2) is 8.01. The molecule has 16 heavy (non-hydrogen) atoms.